The van der Waals surface area contributed by atoms with Crippen LogP contribution < -0.4 is 11.1 Å². The Labute approximate surface area is 145 Å². The van der Waals surface area contributed by atoms with Gasteiger partial charge in [-0.3, -0.25) is 4.79 Å². The van der Waals surface area contributed by atoms with Crippen LogP contribution in [0.4, 0.5) is 0 Å². The van der Waals surface area contributed by atoms with E-state index in [9.17, 15) is 4.79 Å². The first-order valence-electron chi connectivity index (χ1n) is 9.33. The molecule has 0 atom stereocenters. The van der Waals surface area contributed by atoms with Gasteiger partial charge in [0.05, 0.1) is 0 Å². The minimum Gasteiger partial charge on any atom is -0.361 e. The zero-order valence-corrected chi connectivity index (χ0v) is 14.7. The fraction of sp³-hybridized carbons (Fsp3) is 0.550. The molecule has 1 aromatic heterocycles. The Balaban J connectivity index is 1.52. The lowest BCUT2D eigenvalue weighted by Gasteiger charge is -2.05. The van der Waals surface area contributed by atoms with Crippen molar-refractivity contribution in [2.24, 2.45) is 5.73 Å². The second-order valence-electron chi connectivity index (χ2n) is 6.47. The minimum atomic E-state index is 0.179. The smallest absolute Gasteiger partial charge is 0.220 e. The summed E-state index contributed by atoms with van der Waals surface area (Å²) in [6.07, 6.45) is 11.7. The summed E-state index contributed by atoms with van der Waals surface area (Å²) in [5.41, 5.74) is 7.94. The van der Waals surface area contributed by atoms with Gasteiger partial charge in [0.25, 0.3) is 0 Å². The molecule has 0 bridgehead atoms. The highest BCUT2D eigenvalue weighted by atomic mass is 16.1. The molecule has 0 aliphatic heterocycles. The Bertz CT molecular complexity index is 606. The van der Waals surface area contributed by atoms with E-state index in [4.69, 9.17) is 5.73 Å². The number of carbonyl (C=O) groups is 1. The van der Waals surface area contributed by atoms with Crippen LogP contribution in [0, 0.1) is 0 Å². The Morgan fingerprint density at radius 2 is 1.75 bits per heavy atom. The fourth-order valence-corrected chi connectivity index (χ4v) is 3.07. The van der Waals surface area contributed by atoms with Crippen molar-refractivity contribution in [1.82, 2.24) is 10.3 Å². The average molecular weight is 329 g/mol. The quantitative estimate of drug-likeness (QED) is 0.517. The normalized spacial score (nSPS) is 11.0. The first-order chi connectivity index (χ1) is 11.8. The van der Waals surface area contributed by atoms with Crippen LogP contribution in [-0.4, -0.2) is 24.0 Å². The molecule has 0 unspecified atom stereocenters. The summed E-state index contributed by atoms with van der Waals surface area (Å²) in [6, 6.07) is 8.31. The molecule has 1 aromatic carbocycles. The highest BCUT2D eigenvalue weighted by Gasteiger charge is 2.05. The monoisotopic (exact) mass is 329 g/mol. The van der Waals surface area contributed by atoms with Gasteiger partial charge >= 0.3 is 0 Å². The van der Waals surface area contributed by atoms with Crippen LogP contribution in [0.5, 0.6) is 0 Å². The number of benzene rings is 1. The van der Waals surface area contributed by atoms with Crippen LogP contribution in [0.15, 0.2) is 30.5 Å². The van der Waals surface area contributed by atoms with E-state index in [-0.39, 0.29) is 5.91 Å². The lowest BCUT2D eigenvalue weighted by Crippen LogP contribution is -2.24. The van der Waals surface area contributed by atoms with Crippen LogP contribution in [0.2, 0.25) is 0 Å². The van der Waals surface area contributed by atoms with Crippen molar-refractivity contribution < 1.29 is 4.79 Å². The van der Waals surface area contributed by atoms with E-state index in [1.165, 1.54) is 42.1 Å². The SMILES string of the molecule is NCCCCCCCCNC(=O)CCCc1c[nH]c2ccccc12. The Hall–Kier alpha value is -1.81. The molecule has 0 saturated carbocycles. The minimum absolute atomic E-state index is 0.179. The highest BCUT2D eigenvalue weighted by molar-refractivity contribution is 5.83. The topological polar surface area (TPSA) is 70.9 Å². The summed E-state index contributed by atoms with van der Waals surface area (Å²) in [6.45, 7) is 1.61. The molecule has 0 saturated heterocycles. The van der Waals surface area contributed by atoms with Gasteiger partial charge in [-0.15, -0.1) is 0 Å². The average Bonchev–Trinajstić information content (AvgIpc) is 3.01. The van der Waals surface area contributed by atoms with Gasteiger partial charge in [-0.1, -0.05) is 43.9 Å². The zero-order valence-electron chi connectivity index (χ0n) is 14.7. The number of rotatable bonds is 12. The van der Waals surface area contributed by atoms with Crippen molar-refractivity contribution in [3.8, 4) is 0 Å². The first kappa shape index (κ1) is 18.5. The number of nitrogens with two attached hydrogens (primary N) is 1. The van der Waals surface area contributed by atoms with Gasteiger partial charge in [-0.2, -0.15) is 0 Å². The molecule has 24 heavy (non-hydrogen) atoms. The molecular weight excluding hydrogens is 298 g/mol. The maximum absolute atomic E-state index is 11.9. The fourth-order valence-electron chi connectivity index (χ4n) is 3.07. The number of fused-ring (bicyclic) bond motifs is 1. The largest absolute Gasteiger partial charge is 0.361 e. The first-order valence-corrected chi connectivity index (χ1v) is 9.33. The van der Waals surface area contributed by atoms with Gasteiger partial charge in [-0.05, 0) is 43.9 Å². The molecule has 132 valence electrons. The predicted molar refractivity (Wildman–Crippen MR) is 101 cm³/mol. The summed E-state index contributed by atoms with van der Waals surface area (Å²) in [4.78, 5) is 15.2. The third-order valence-corrected chi connectivity index (χ3v) is 4.48. The van der Waals surface area contributed by atoms with Crippen LogP contribution in [0.25, 0.3) is 10.9 Å². The molecule has 0 aliphatic carbocycles. The molecule has 1 heterocycles. The van der Waals surface area contributed by atoms with Crippen molar-refractivity contribution in [3.05, 3.63) is 36.0 Å². The molecular formula is C20H31N3O. The number of hydrogen-bond donors (Lipinski definition) is 3. The van der Waals surface area contributed by atoms with E-state index < -0.39 is 0 Å². The van der Waals surface area contributed by atoms with Gasteiger partial charge in [0.2, 0.25) is 5.91 Å². The van der Waals surface area contributed by atoms with E-state index in [0.29, 0.717) is 6.42 Å². The van der Waals surface area contributed by atoms with Crippen molar-refractivity contribution in [2.45, 2.75) is 57.8 Å². The van der Waals surface area contributed by atoms with Gasteiger partial charge in [0.15, 0.2) is 0 Å². The molecule has 4 nitrogen and oxygen atoms in total. The number of para-hydroxylation sites is 1. The Morgan fingerprint density at radius 1 is 1.00 bits per heavy atom. The van der Waals surface area contributed by atoms with E-state index >= 15 is 0 Å². The maximum atomic E-state index is 11.9. The van der Waals surface area contributed by atoms with Crippen LogP contribution in [0.3, 0.4) is 0 Å². The van der Waals surface area contributed by atoms with E-state index in [1.54, 1.807) is 0 Å². The lowest BCUT2D eigenvalue weighted by molar-refractivity contribution is -0.121. The van der Waals surface area contributed by atoms with Gasteiger partial charge in [-0.25, -0.2) is 0 Å². The van der Waals surface area contributed by atoms with Crippen molar-refractivity contribution in [1.29, 1.82) is 0 Å². The molecule has 4 N–H and O–H groups in total. The molecule has 0 spiro atoms. The summed E-state index contributed by atoms with van der Waals surface area (Å²) >= 11 is 0. The van der Waals surface area contributed by atoms with E-state index in [0.717, 1.165) is 38.8 Å². The summed E-state index contributed by atoms with van der Waals surface area (Å²) < 4.78 is 0. The number of nitrogens with one attached hydrogen (secondary N) is 2. The number of aryl methyl sites for hydroxylation is 1. The Kier molecular flexibility index (Phi) is 8.39. The van der Waals surface area contributed by atoms with Crippen LogP contribution in [0.1, 0.15) is 56.9 Å². The molecule has 4 heteroatoms. The molecule has 2 rings (SSSR count). The second-order valence-corrected chi connectivity index (χ2v) is 6.47. The predicted octanol–water partition coefficient (Wildman–Crippen LogP) is 3.91. The molecule has 2 aromatic rings. The highest BCUT2D eigenvalue weighted by Crippen LogP contribution is 2.19. The molecule has 0 aliphatic rings. The van der Waals surface area contributed by atoms with Gasteiger partial charge in [0, 0.05) is 30.1 Å². The number of amides is 1. The summed E-state index contributed by atoms with van der Waals surface area (Å²) in [7, 11) is 0. The summed E-state index contributed by atoms with van der Waals surface area (Å²) in [5.74, 6) is 0.179. The van der Waals surface area contributed by atoms with Gasteiger partial charge in [0.1, 0.15) is 0 Å². The third kappa shape index (κ3) is 6.36. The lowest BCUT2D eigenvalue weighted by atomic mass is 10.1. The van der Waals surface area contributed by atoms with Crippen molar-refractivity contribution in [3.63, 3.8) is 0 Å². The standard InChI is InChI=1S/C20H31N3O/c21-14-7-3-1-2-4-8-15-22-20(24)13-9-10-17-16-23-19-12-6-5-11-18(17)19/h5-6,11-12,16,23H,1-4,7-10,13-15,21H2,(H,22,24). The molecule has 0 radical (unpaired) electrons. The number of aromatic nitrogens is 1. The number of carbonyl (C=O) groups excluding carboxylic acids is 1. The maximum Gasteiger partial charge on any atom is 0.220 e. The van der Waals surface area contributed by atoms with Crippen LogP contribution >= 0.6 is 0 Å². The zero-order chi connectivity index (χ0) is 17.0. The second kappa shape index (κ2) is 10.9. The van der Waals surface area contributed by atoms with E-state index in [2.05, 4.69) is 34.7 Å². The van der Waals surface area contributed by atoms with Crippen molar-refractivity contribution >= 4 is 16.8 Å². The van der Waals surface area contributed by atoms with Crippen molar-refractivity contribution in [2.75, 3.05) is 13.1 Å². The molecule has 1 amide bonds. The van der Waals surface area contributed by atoms with Crippen LogP contribution in [-0.2, 0) is 11.2 Å². The molecule has 0 fully saturated rings. The van der Waals surface area contributed by atoms with Gasteiger partial charge < -0.3 is 16.0 Å². The summed E-state index contributed by atoms with van der Waals surface area (Å²) in [5, 5.41) is 4.31. The third-order valence-electron chi connectivity index (χ3n) is 4.48. The number of aromatic amines is 1. The van der Waals surface area contributed by atoms with E-state index in [1.807, 2.05) is 6.07 Å². The number of H-pyrrole nitrogens is 1. The number of unbranched alkanes of at least 4 members (excludes halogenated alkanes) is 5. The number of hydrogen-bond acceptors (Lipinski definition) is 2. The Morgan fingerprint density at radius 3 is 2.58 bits per heavy atom.